The zero-order valence-corrected chi connectivity index (χ0v) is 9.75. The van der Waals surface area contributed by atoms with Crippen molar-refractivity contribution in [1.82, 2.24) is 4.90 Å². The van der Waals surface area contributed by atoms with Crippen LogP contribution in [0.1, 0.15) is 33.6 Å². The van der Waals surface area contributed by atoms with Gasteiger partial charge in [0.2, 0.25) is 0 Å². The number of hydrogen-bond acceptors (Lipinski definition) is 3. The lowest BCUT2D eigenvalue weighted by Gasteiger charge is -2.20. The average Bonchev–Trinajstić information content (AvgIpc) is 2.45. The maximum atomic E-state index is 12.8. The summed E-state index contributed by atoms with van der Waals surface area (Å²) in [5, 5.41) is 0. The summed E-state index contributed by atoms with van der Waals surface area (Å²) in [5.41, 5.74) is -0.426. The minimum absolute atomic E-state index is 0.204. The molecule has 0 N–H and O–H groups in total. The van der Waals surface area contributed by atoms with Crippen LogP contribution in [0.4, 0.5) is 4.39 Å². The van der Waals surface area contributed by atoms with Gasteiger partial charge >= 0.3 is 5.97 Å². The summed E-state index contributed by atoms with van der Waals surface area (Å²) >= 11 is 0. The number of ether oxygens (including phenoxy) is 1. The Morgan fingerprint density at radius 2 is 2.20 bits per heavy atom. The summed E-state index contributed by atoms with van der Waals surface area (Å²) in [5.74, 6) is -0.204. The van der Waals surface area contributed by atoms with Crippen LogP contribution in [0.25, 0.3) is 0 Å². The van der Waals surface area contributed by atoms with Crippen molar-refractivity contribution in [3.8, 4) is 0 Å². The maximum Gasteiger partial charge on any atom is 0.307 e. The third kappa shape index (κ3) is 5.11. The van der Waals surface area contributed by atoms with Crippen LogP contribution in [0.3, 0.4) is 0 Å². The molecule has 0 unspecified atom stereocenters. The molecule has 0 radical (unpaired) electrons. The highest BCUT2D eigenvalue weighted by Crippen LogP contribution is 2.13. The molecule has 0 aliphatic carbocycles. The minimum Gasteiger partial charge on any atom is -0.460 e. The molecule has 1 aliphatic rings. The molecule has 0 spiro atoms. The van der Waals surface area contributed by atoms with Crippen molar-refractivity contribution in [3.05, 3.63) is 0 Å². The first kappa shape index (κ1) is 12.4. The monoisotopic (exact) mass is 217 g/mol. The van der Waals surface area contributed by atoms with Crippen LogP contribution < -0.4 is 0 Å². The highest BCUT2D eigenvalue weighted by atomic mass is 19.1. The topological polar surface area (TPSA) is 29.5 Å². The lowest BCUT2D eigenvalue weighted by molar-refractivity contribution is -0.155. The third-order valence-electron chi connectivity index (χ3n) is 2.27. The molecule has 1 atom stereocenters. The second-order valence-corrected chi connectivity index (χ2v) is 5.02. The van der Waals surface area contributed by atoms with Crippen LogP contribution in [0.2, 0.25) is 0 Å². The smallest absolute Gasteiger partial charge is 0.307 e. The highest BCUT2D eigenvalue weighted by molar-refractivity contribution is 5.70. The van der Waals surface area contributed by atoms with E-state index in [-0.39, 0.29) is 5.97 Å². The largest absolute Gasteiger partial charge is 0.460 e. The molecule has 0 amide bonds. The van der Waals surface area contributed by atoms with Gasteiger partial charge < -0.3 is 4.74 Å². The fraction of sp³-hybridized carbons (Fsp3) is 0.909. The van der Waals surface area contributed by atoms with Gasteiger partial charge in [0.1, 0.15) is 11.8 Å². The van der Waals surface area contributed by atoms with E-state index in [1.54, 1.807) is 0 Å². The van der Waals surface area contributed by atoms with Gasteiger partial charge in [-0.25, -0.2) is 4.39 Å². The van der Waals surface area contributed by atoms with Gasteiger partial charge in [0.15, 0.2) is 0 Å². The molecule has 1 heterocycles. The summed E-state index contributed by atoms with van der Waals surface area (Å²) in [4.78, 5) is 13.3. The Kier molecular flexibility index (Phi) is 4.08. The molecule has 1 saturated heterocycles. The average molecular weight is 217 g/mol. The fourth-order valence-corrected chi connectivity index (χ4v) is 1.63. The highest BCUT2D eigenvalue weighted by Gasteiger charge is 2.23. The molecule has 88 valence electrons. The van der Waals surface area contributed by atoms with Crippen LogP contribution in [-0.4, -0.2) is 42.3 Å². The Morgan fingerprint density at radius 3 is 2.67 bits per heavy atom. The van der Waals surface area contributed by atoms with E-state index in [9.17, 15) is 9.18 Å². The van der Waals surface area contributed by atoms with Crippen LogP contribution in [-0.2, 0) is 9.53 Å². The molecule has 3 nitrogen and oxygen atoms in total. The summed E-state index contributed by atoms with van der Waals surface area (Å²) in [6.45, 7) is 7.36. The van der Waals surface area contributed by atoms with Gasteiger partial charge in [-0.05, 0) is 27.2 Å². The van der Waals surface area contributed by atoms with Crippen molar-refractivity contribution in [2.24, 2.45) is 0 Å². The number of likely N-dealkylation sites (tertiary alicyclic amines) is 1. The van der Waals surface area contributed by atoms with Crippen molar-refractivity contribution >= 4 is 5.97 Å². The van der Waals surface area contributed by atoms with Gasteiger partial charge in [0.05, 0.1) is 6.42 Å². The van der Waals surface area contributed by atoms with Crippen LogP contribution in [0.15, 0.2) is 0 Å². The fourth-order valence-electron chi connectivity index (χ4n) is 1.63. The summed E-state index contributed by atoms with van der Waals surface area (Å²) < 4.78 is 18.0. The van der Waals surface area contributed by atoms with Gasteiger partial charge in [-0.15, -0.1) is 0 Å². The van der Waals surface area contributed by atoms with Gasteiger partial charge in [-0.2, -0.15) is 0 Å². The van der Waals surface area contributed by atoms with Crippen LogP contribution in [0.5, 0.6) is 0 Å². The van der Waals surface area contributed by atoms with Gasteiger partial charge in [0, 0.05) is 19.6 Å². The number of alkyl halides is 1. The van der Waals surface area contributed by atoms with Gasteiger partial charge in [-0.1, -0.05) is 0 Å². The number of hydrogen-bond donors (Lipinski definition) is 0. The quantitative estimate of drug-likeness (QED) is 0.675. The molecular formula is C11H20FNO2. The number of esters is 1. The van der Waals surface area contributed by atoms with Crippen molar-refractivity contribution in [1.29, 1.82) is 0 Å². The molecule has 1 rings (SSSR count). The number of rotatable bonds is 3. The van der Waals surface area contributed by atoms with Crippen molar-refractivity contribution < 1.29 is 13.9 Å². The summed E-state index contributed by atoms with van der Waals surface area (Å²) in [6.07, 6.45) is 0.224. The first-order chi connectivity index (χ1) is 6.87. The van der Waals surface area contributed by atoms with Crippen LogP contribution in [0, 0.1) is 0 Å². The van der Waals surface area contributed by atoms with Gasteiger partial charge in [0.25, 0.3) is 0 Å². The molecule has 0 aromatic carbocycles. The number of halogens is 1. The SMILES string of the molecule is CC(C)(C)OC(=O)CCN1CC[C@@H](F)C1. The van der Waals surface area contributed by atoms with E-state index in [1.807, 2.05) is 25.7 Å². The summed E-state index contributed by atoms with van der Waals surface area (Å²) in [6, 6.07) is 0. The number of carbonyl (C=O) groups is 1. The van der Waals surface area contributed by atoms with E-state index in [2.05, 4.69) is 0 Å². The van der Waals surface area contributed by atoms with Gasteiger partial charge in [-0.3, -0.25) is 9.69 Å². The standard InChI is InChI=1S/C11H20FNO2/c1-11(2,3)15-10(14)5-7-13-6-4-9(12)8-13/h9H,4-8H2,1-3H3/t9-/m1/s1. The Morgan fingerprint density at radius 1 is 1.53 bits per heavy atom. The maximum absolute atomic E-state index is 12.8. The van der Waals surface area contributed by atoms with E-state index in [0.29, 0.717) is 25.9 Å². The molecular weight excluding hydrogens is 197 g/mol. The van der Waals surface area contributed by atoms with Crippen molar-refractivity contribution in [3.63, 3.8) is 0 Å². The second-order valence-electron chi connectivity index (χ2n) is 5.02. The lowest BCUT2D eigenvalue weighted by atomic mass is 10.2. The van der Waals surface area contributed by atoms with Crippen molar-refractivity contribution in [2.45, 2.75) is 45.4 Å². The minimum atomic E-state index is -0.719. The van der Waals surface area contributed by atoms with Crippen LogP contribution >= 0.6 is 0 Å². The number of carbonyl (C=O) groups excluding carboxylic acids is 1. The molecule has 15 heavy (non-hydrogen) atoms. The Bertz CT molecular complexity index is 225. The van der Waals surface area contributed by atoms with E-state index in [0.717, 1.165) is 6.54 Å². The van der Waals surface area contributed by atoms with E-state index < -0.39 is 11.8 Å². The Balaban J connectivity index is 2.17. The molecule has 0 aromatic heterocycles. The Hall–Kier alpha value is -0.640. The molecule has 0 saturated carbocycles. The normalized spacial score (nSPS) is 23.1. The molecule has 0 bridgehead atoms. The molecule has 1 fully saturated rings. The van der Waals surface area contributed by atoms with E-state index in [1.165, 1.54) is 0 Å². The van der Waals surface area contributed by atoms with Crippen molar-refractivity contribution in [2.75, 3.05) is 19.6 Å². The summed E-state index contributed by atoms with van der Waals surface area (Å²) in [7, 11) is 0. The predicted octanol–water partition coefficient (Wildman–Crippen LogP) is 1.76. The zero-order chi connectivity index (χ0) is 11.5. The predicted molar refractivity (Wildman–Crippen MR) is 56.4 cm³/mol. The third-order valence-corrected chi connectivity index (χ3v) is 2.27. The number of nitrogens with zero attached hydrogens (tertiary/aromatic N) is 1. The zero-order valence-electron chi connectivity index (χ0n) is 9.75. The molecule has 1 aliphatic heterocycles. The first-order valence-electron chi connectivity index (χ1n) is 5.45. The van der Waals surface area contributed by atoms with E-state index >= 15 is 0 Å². The Labute approximate surface area is 90.6 Å². The van der Waals surface area contributed by atoms with E-state index in [4.69, 9.17) is 4.74 Å². The first-order valence-corrected chi connectivity index (χ1v) is 5.45. The molecule has 4 heteroatoms. The molecule has 0 aromatic rings. The second kappa shape index (κ2) is 4.92. The lowest BCUT2D eigenvalue weighted by Crippen LogP contribution is -2.28.